The van der Waals surface area contributed by atoms with E-state index in [0.29, 0.717) is 42.0 Å². The fourth-order valence-corrected chi connectivity index (χ4v) is 5.73. The molecule has 0 spiro atoms. The standard InChI is InChI=1S/C28H36N4O4/c1-35-24-12-11-19(18-25(24)36-2)22(10-5-13-29)32-27(33)21-8-4-9-23(26(21)28(32)34)31-16-14-30(15-17-31)20-6-3-7-20/h4,8-9,11-12,18,20,22H,3,5-7,10,13-17,29H2,1-2H3. The molecule has 2 N–H and O–H groups in total. The van der Waals surface area contributed by atoms with Gasteiger partial charge in [0.1, 0.15) is 0 Å². The quantitative estimate of drug-likeness (QED) is 0.537. The maximum Gasteiger partial charge on any atom is 0.264 e. The molecule has 2 amide bonds. The van der Waals surface area contributed by atoms with Crippen molar-refractivity contribution >= 4 is 17.5 Å². The minimum absolute atomic E-state index is 0.233. The lowest BCUT2D eigenvalue weighted by molar-refractivity contribution is 0.0572. The number of imide groups is 1. The second kappa shape index (κ2) is 10.5. The number of nitrogens with zero attached hydrogens (tertiary/aromatic N) is 3. The van der Waals surface area contributed by atoms with Crippen LogP contribution < -0.4 is 20.1 Å². The van der Waals surface area contributed by atoms with Gasteiger partial charge in [0.05, 0.1) is 37.1 Å². The van der Waals surface area contributed by atoms with Gasteiger partial charge in [-0.15, -0.1) is 0 Å². The highest BCUT2D eigenvalue weighted by Gasteiger charge is 2.43. The first-order valence-electron chi connectivity index (χ1n) is 13.0. The van der Waals surface area contributed by atoms with Crippen molar-refractivity contribution in [2.45, 2.75) is 44.2 Å². The van der Waals surface area contributed by atoms with Gasteiger partial charge in [0.25, 0.3) is 11.8 Å². The van der Waals surface area contributed by atoms with E-state index in [9.17, 15) is 9.59 Å². The topological polar surface area (TPSA) is 88.3 Å². The summed E-state index contributed by atoms with van der Waals surface area (Å²) in [7, 11) is 3.16. The molecule has 8 heteroatoms. The van der Waals surface area contributed by atoms with E-state index >= 15 is 0 Å². The van der Waals surface area contributed by atoms with E-state index < -0.39 is 6.04 Å². The maximum atomic E-state index is 13.9. The highest BCUT2D eigenvalue weighted by molar-refractivity contribution is 6.24. The number of rotatable bonds is 9. The number of benzene rings is 2. The summed E-state index contributed by atoms with van der Waals surface area (Å²) in [4.78, 5) is 33.9. The highest BCUT2D eigenvalue weighted by Crippen LogP contribution is 2.40. The summed E-state index contributed by atoms with van der Waals surface area (Å²) >= 11 is 0. The van der Waals surface area contributed by atoms with Crippen LogP contribution >= 0.6 is 0 Å². The number of fused-ring (bicyclic) bond motifs is 1. The monoisotopic (exact) mass is 492 g/mol. The molecule has 1 unspecified atom stereocenters. The summed E-state index contributed by atoms with van der Waals surface area (Å²) in [5.74, 6) is 0.685. The number of piperazine rings is 1. The largest absolute Gasteiger partial charge is 0.493 e. The van der Waals surface area contributed by atoms with Gasteiger partial charge in [-0.2, -0.15) is 0 Å². The van der Waals surface area contributed by atoms with Crippen LogP contribution in [-0.4, -0.2) is 74.6 Å². The molecular formula is C28H36N4O4. The van der Waals surface area contributed by atoms with Crippen LogP contribution in [0.15, 0.2) is 36.4 Å². The number of hydrogen-bond acceptors (Lipinski definition) is 7. The molecule has 1 atom stereocenters. The Hall–Kier alpha value is -3.10. The van der Waals surface area contributed by atoms with Gasteiger partial charge in [-0.25, -0.2) is 0 Å². The number of hydrogen-bond donors (Lipinski definition) is 1. The van der Waals surface area contributed by atoms with Crippen molar-refractivity contribution in [3.05, 3.63) is 53.1 Å². The van der Waals surface area contributed by atoms with Gasteiger partial charge >= 0.3 is 0 Å². The van der Waals surface area contributed by atoms with Crippen molar-refractivity contribution in [2.24, 2.45) is 5.73 Å². The van der Waals surface area contributed by atoms with Crippen LogP contribution in [0.1, 0.15) is 64.4 Å². The zero-order valence-corrected chi connectivity index (χ0v) is 21.2. The third-order valence-electron chi connectivity index (χ3n) is 7.96. The predicted octanol–water partition coefficient (Wildman–Crippen LogP) is 3.45. The molecule has 0 bridgehead atoms. The first-order valence-corrected chi connectivity index (χ1v) is 13.0. The second-order valence-electron chi connectivity index (χ2n) is 9.85. The number of carbonyl (C=O) groups is 2. The lowest BCUT2D eigenvalue weighted by Gasteiger charge is -2.43. The van der Waals surface area contributed by atoms with E-state index in [1.807, 2.05) is 30.3 Å². The summed E-state index contributed by atoms with van der Waals surface area (Å²) in [6.45, 7) is 4.18. The van der Waals surface area contributed by atoms with E-state index in [1.165, 1.54) is 24.2 Å². The third kappa shape index (κ3) is 4.33. The van der Waals surface area contributed by atoms with Gasteiger partial charge in [0, 0.05) is 32.2 Å². The molecular weight excluding hydrogens is 456 g/mol. The molecule has 2 aromatic carbocycles. The molecule has 8 nitrogen and oxygen atoms in total. The second-order valence-corrected chi connectivity index (χ2v) is 9.85. The van der Waals surface area contributed by atoms with Crippen LogP contribution in [0.2, 0.25) is 0 Å². The SMILES string of the molecule is COc1ccc(C(CCCN)N2C(=O)c3cccc(N4CCN(C5CCC5)CC4)c3C2=O)cc1OC. The molecule has 2 heterocycles. The van der Waals surface area contributed by atoms with E-state index in [2.05, 4.69) is 9.80 Å². The van der Waals surface area contributed by atoms with Gasteiger partial charge in [-0.3, -0.25) is 19.4 Å². The normalized spacial score (nSPS) is 19.3. The summed E-state index contributed by atoms with van der Waals surface area (Å²) in [6.07, 6.45) is 5.18. The molecule has 0 aromatic heterocycles. The van der Waals surface area contributed by atoms with Crippen molar-refractivity contribution in [1.29, 1.82) is 0 Å². The summed E-state index contributed by atoms with van der Waals surface area (Å²) in [5.41, 5.74) is 8.53. The molecule has 2 fully saturated rings. The first-order chi connectivity index (χ1) is 17.6. The van der Waals surface area contributed by atoms with Gasteiger partial charge < -0.3 is 20.1 Å². The molecule has 5 rings (SSSR count). The number of nitrogens with two attached hydrogens (primary N) is 1. The third-order valence-corrected chi connectivity index (χ3v) is 7.96. The molecule has 1 saturated carbocycles. The number of methoxy groups -OCH3 is 2. The molecule has 2 aromatic rings. The van der Waals surface area contributed by atoms with Crippen LogP contribution in [0.4, 0.5) is 5.69 Å². The summed E-state index contributed by atoms with van der Waals surface area (Å²) < 4.78 is 10.9. The Bertz CT molecular complexity index is 1120. The molecule has 1 aliphatic carbocycles. The van der Waals surface area contributed by atoms with Crippen LogP contribution in [0, 0.1) is 0 Å². The average Bonchev–Trinajstić information content (AvgIpc) is 3.13. The van der Waals surface area contributed by atoms with Crippen molar-refractivity contribution < 1.29 is 19.1 Å². The predicted molar refractivity (Wildman–Crippen MR) is 139 cm³/mol. The minimum Gasteiger partial charge on any atom is -0.493 e. The fourth-order valence-electron chi connectivity index (χ4n) is 5.73. The Labute approximate surface area is 212 Å². The van der Waals surface area contributed by atoms with Gasteiger partial charge in [-0.1, -0.05) is 18.6 Å². The van der Waals surface area contributed by atoms with Crippen molar-refractivity contribution in [2.75, 3.05) is 51.8 Å². The average molecular weight is 493 g/mol. The summed E-state index contributed by atoms with van der Waals surface area (Å²) in [5, 5.41) is 0. The Kier molecular flexibility index (Phi) is 7.16. The van der Waals surface area contributed by atoms with Crippen LogP contribution in [0.3, 0.4) is 0 Å². The van der Waals surface area contributed by atoms with E-state index in [-0.39, 0.29) is 11.8 Å². The fraction of sp³-hybridized carbons (Fsp3) is 0.500. The lowest BCUT2D eigenvalue weighted by atomic mass is 9.91. The number of ether oxygens (including phenoxy) is 2. The maximum absolute atomic E-state index is 13.9. The van der Waals surface area contributed by atoms with Crippen molar-refractivity contribution in [3.8, 4) is 11.5 Å². The zero-order chi connectivity index (χ0) is 25.2. The lowest BCUT2D eigenvalue weighted by Crippen LogP contribution is -2.52. The van der Waals surface area contributed by atoms with Gasteiger partial charge in [0.15, 0.2) is 11.5 Å². The van der Waals surface area contributed by atoms with Gasteiger partial charge in [-0.05, 0) is 62.1 Å². The minimum atomic E-state index is -0.441. The van der Waals surface area contributed by atoms with Gasteiger partial charge in [0.2, 0.25) is 0 Å². The number of carbonyl (C=O) groups excluding carboxylic acids is 2. The Morgan fingerprint density at radius 3 is 2.36 bits per heavy atom. The number of anilines is 1. The molecule has 3 aliphatic rings. The van der Waals surface area contributed by atoms with E-state index in [1.54, 1.807) is 20.3 Å². The zero-order valence-electron chi connectivity index (χ0n) is 21.2. The van der Waals surface area contributed by atoms with Crippen LogP contribution in [0.5, 0.6) is 11.5 Å². The molecule has 2 aliphatic heterocycles. The van der Waals surface area contributed by atoms with E-state index in [4.69, 9.17) is 15.2 Å². The highest BCUT2D eigenvalue weighted by atomic mass is 16.5. The number of amides is 2. The van der Waals surface area contributed by atoms with E-state index in [0.717, 1.165) is 43.5 Å². The Morgan fingerprint density at radius 2 is 1.72 bits per heavy atom. The molecule has 0 radical (unpaired) electrons. The molecule has 1 saturated heterocycles. The van der Waals surface area contributed by atoms with Crippen molar-refractivity contribution in [3.63, 3.8) is 0 Å². The van der Waals surface area contributed by atoms with Crippen LogP contribution in [0.25, 0.3) is 0 Å². The Balaban J connectivity index is 1.44. The summed E-state index contributed by atoms with van der Waals surface area (Å²) in [6, 6.07) is 11.5. The van der Waals surface area contributed by atoms with Crippen LogP contribution in [-0.2, 0) is 0 Å². The first kappa shape index (κ1) is 24.6. The molecule has 36 heavy (non-hydrogen) atoms. The smallest absolute Gasteiger partial charge is 0.264 e. The Morgan fingerprint density at radius 1 is 0.972 bits per heavy atom. The van der Waals surface area contributed by atoms with Crippen molar-refractivity contribution in [1.82, 2.24) is 9.80 Å². The molecule has 192 valence electrons.